The lowest BCUT2D eigenvalue weighted by Gasteiger charge is -2.09. The molecular weight excluding hydrogens is 264 g/mol. The van der Waals surface area contributed by atoms with Crippen LogP contribution in [0.25, 0.3) is 0 Å². The van der Waals surface area contributed by atoms with E-state index in [-0.39, 0.29) is 0 Å². The third-order valence-corrected chi connectivity index (χ3v) is 3.52. The van der Waals surface area contributed by atoms with Crippen LogP contribution in [0.15, 0.2) is 10.6 Å². The molecule has 19 heavy (non-hydrogen) atoms. The van der Waals surface area contributed by atoms with Gasteiger partial charge in [0.2, 0.25) is 0 Å². The Morgan fingerprint density at radius 2 is 2.16 bits per heavy atom. The Labute approximate surface area is 116 Å². The van der Waals surface area contributed by atoms with E-state index in [0.29, 0.717) is 17.6 Å². The second-order valence-electron chi connectivity index (χ2n) is 4.91. The van der Waals surface area contributed by atoms with Crippen molar-refractivity contribution in [2.75, 3.05) is 5.32 Å². The molecule has 1 aliphatic rings. The Balaban J connectivity index is 1.79. The highest BCUT2D eigenvalue weighted by molar-refractivity contribution is 6.30. The van der Waals surface area contributed by atoms with Gasteiger partial charge in [0.15, 0.2) is 5.76 Å². The molecule has 0 aliphatic heterocycles. The summed E-state index contributed by atoms with van der Waals surface area (Å²) in [7, 11) is 0. The molecule has 100 valence electrons. The van der Waals surface area contributed by atoms with E-state index in [1.54, 1.807) is 0 Å². The van der Waals surface area contributed by atoms with E-state index in [1.165, 1.54) is 0 Å². The van der Waals surface area contributed by atoms with E-state index >= 15 is 0 Å². The van der Waals surface area contributed by atoms with Gasteiger partial charge in [0.05, 0.1) is 12.2 Å². The van der Waals surface area contributed by atoms with Crippen LogP contribution in [0.4, 0.5) is 5.82 Å². The number of anilines is 1. The van der Waals surface area contributed by atoms with Crippen LogP contribution in [0.1, 0.15) is 41.6 Å². The first-order valence-corrected chi connectivity index (χ1v) is 6.71. The molecule has 2 aromatic heterocycles. The van der Waals surface area contributed by atoms with E-state index in [0.717, 1.165) is 41.5 Å². The van der Waals surface area contributed by atoms with Crippen molar-refractivity contribution in [3.63, 3.8) is 0 Å². The van der Waals surface area contributed by atoms with Crippen LogP contribution in [0.2, 0.25) is 5.15 Å². The van der Waals surface area contributed by atoms with Gasteiger partial charge in [-0.1, -0.05) is 16.8 Å². The summed E-state index contributed by atoms with van der Waals surface area (Å²) in [5.74, 6) is 2.87. The van der Waals surface area contributed by atoms with Gasteiger partial charge in [0.1, 0.15) is 16.8 Å². The van der Waals surface area contributed by atoms with Crippen molar-refractivity contribution < 1.29 is 4.52 Å². The number of nitrogens with one attached hydrogen (secondary N) is 1. The molecule has 1 fully saturated rings. The molecule has 0 atom stereocenters. The van der Waals surface area contributed by atoms with Gasteiger partial charge in [-0.3, -0.25) is 0 Å². The second kappa shape index (κ2) is 4.81. The molecule has 2 aromatic rings. The lowest BCUT2D eigenvalue weighted by atomic mass is 10.3. The highest BCUT2D eigenvalue weighted by Crippen LogP contribution is 2.39. The average molecular weight is 279 g/mol. The van der Waals surface area contributed by atoms with E-state index in [1.807, 2.05) is 19.9 Å². The molecule has 0 saturated heterocycles. The number of hydrogen-bond acceptors (Lipinski definition) is 5. The van der Waals surface area contributed by atoms with Crippen LogP contribution in [-0.2, 0) is 6.54 Å². The molecule has 0 bridgehead atoms. The first kappa shape index (κ1) is 12.4. The van der Waals surface area contributed by atoms with Crippen molar-refractivity contribution in [1.29, 1.82) is 0 Å². The average Bonchev–Trinajstić information content (AvgIpc) is 3.15. The quantitative estimate of drug-likeness (QED) is 0.870. The maximum atomic E-state index is 6.15. The number of aryl methyl sites for hydroxylation is 1. The highest BCUT2D eigenvalue weighted by Gasteiger charge is 2.28. The summed E-state index contributed by atoms with van der Waals surface area (Å²) in [6, 6.07) is 1.90. The summed E-state index contributed by atoms with van der Waals surface area (Å²) in [5, 5.41) is 7.61. The van der Waals surface area contributed by atoms with Gasteiger partial charge < -0.3 is 9.84 Å². The van der Waals surface area contributed by atoms with Crippen molar-refractivity contribution in [1.82, 2.24) is 15.1 Å². The van der Waals surface area contributed by atoms with Crippen molar-refractivity contribution in [2.45, 2.75) is 39.2 Å². The van der Waals surface area contributed by atoms with Gasteiger partial charge in [-0.05, 0) is 26.7 Å². The third kappa shape index (κ3) is 2.71. The number of rotatable bonds is 4. The van der Waals surface area contributed by atoms with Gasteiger partial charge in [-0.25, -0.2) is 9.97 Å². The van der Waals surface area contributed by atoms with Crippen molar-refractivity contribution >= 4 is 17.4 Å². The lowest BCUT2D eigenvalue weighted by Crippen LogP contribution is -2.06. The molecule has 5 nitrogen and oxygen atoms in total. The maximum absolute atomic E-state index is 6.15. The van der Waals surface area contributed by atoms with Gasteiger partial charge in [-0.2, -0.15) is 0 Å². The first-order valence-electron chi connectivity index (χ1n) is 6.33. The van der Waals surface area contributed by atoms with Gasteiger partial charge in [0.25, 0.3) is 0 Å². The summed E-state index contributed by atoms with van der Waals surface area (Å²) in [6.07, 6.45) is 2.31. The molecule has 3 rings (SSSR count). The molecule has 0 spiro atoms. The summed E-state index contributed by atoms with van der Waals surface area (Å²) in [4.78, 5) is 8.88. The minimum Gasteiger partial charge on any atom is -0.362 e. The Hall–Kier alpha value is -1.62. The zero-order chi connectivity index (χ0) is 13.4. The van der Waals surface area contributed by atoms with Crippen LogP contribution >= 0.6 is 11.6 Å². The minimum absolute atomic E-state index is 0.478. The Morgan fingerprint density at radius 1 is 1.37 bits per heavy atom. The second-order valence-corrected chi connectivity index (χ2v) is 5.27. The number of nitrogens with zero attached hydrogens (tertiary/aromatic N) is 3. The fourth-order valence-electron chi connectivity index (χ4n) is 1.87. The van der Waals surface area contributed by atoms with Gasteiger partial charge in [-0.15, -0.1) is 0 Å². The fourth-order valence-corrected chi connectivity index (χ4v) is 2.05. The fraction of sp³-hybridized carbons (Fsp3) is 0.462. The number of aromatic nitrogens is 3. The maximum Gasteiger partial charge on any atom is 0.156 e. The van der Waals surface area contributed by atoms with Crippen molar-refractivity contribution in [3.05, 3.63) is 34.1 Å². The minimum atomic E-state index is 0.478. The van der Waals surface area contributed by atoms with E-state index < -0.39 is 0 Å². The number of hydrogen-bond donors (Lipinski definition) is 1. The Bertz CT molecular complexity index is 607. The standard InChI is InChI=1S/C13H15ClN4O/c1-7-5-10(19-18-7)6-15-12-8(2)11(14)16-13(17-12)9-3-4-9/h5,9H,3-4,6H2,1-2H3,(H,15,16,17). The molecule has 1 N–H and O–H groups in total. The van der Waals surface area contributed by atoms with Crippen molar-refractivity contribution in [3.8, 4) is 0 Å². The molecule has 1 aliphatic carbocycles. The molecular formula is C13H15ClN4O. The predicted octanol–water partition coefficient (Wildman–Crippen LogP) is 3.22. The zero-order valence-electron chi connectivity index (χ0n) is 10.9. The zero-order valence-corrected chi connectivity index (χ0v) is 11.7. The lowest BCUT2D eigenvalue weighted by molar-refractivity contribution is 0.384. The van der Waals surface area contributed by atoms with Crippen LogP contribution < -0.4 is 5.32 Å². The molecule has 0 unspecified atom stereocenters. The molecule has 1 saturated carbocycles. The Morgan fingerprint density at radius 3 is 2.79 bits per heavy atom. The number of halogens is 1. The largest absolute Gasteiger partial charge is 0.362 e. The smallest absolute Gasteiger partial charge is 0.156 e. The van der Waals surface area contributed by atoms with E-state index in [9.17, 15) is 0 Å². The van der Waals surface area contributed by atoms with Crippen LogP contribution in [-0.4, -0.2) is 15.1 Å². The molecule has 0 amide bonds. The van der Waals surface area contributed by atoms with Gasteiger partial charge >= 0.3 is 0 Å². The van der Waals surface area contributed by atoms with E-state index in [4.69, 9.17) is 16.1 Å². The van der Waals surface area contributed by atoms with Crippen LogP contribution in [0.3, 0.4) is 0 Å². The van der Waals surface area contributed by atoms with E-state index in [2.05, 4.69) is 20.4 Å². The summed E-state index contributed by atoms with van der Waals surface area (Å²) in [6.45, 7) is 4.34. The molecule has 6 heteroatoms. The molecule has 2 heterocycles. The SMILES string of the molecule is Cc1cc(CNc2nc(C3CC3)nc(Cl)c2C)on1. The predicted molar refractivity (Wildman–Crippen MR) is 72.3 cm³/mol. The highest BCUT2D eigenvalue weighted by atomic mass is 35.5. The van der Waals surface area contributed by atoms with Crippen LogP contribution in [0.5, 0.6) is 0 Å². The summed E-state index contributed by atoms with van der Waals surface area (Å²) in [5.41, 5.74) is 1.73. The summed E-state index contributed by atoms with van der Waals surface area (Å²) >= 11 is 6.15. The van der Waals surface area contributed by atoms with Gasteiger partial charge in [0, 0.05) is 17.5 Å². The molecule has 0 radical (unpaired) electrons. The van der Waals surface area contributed by atoms with Crippen LogP contribution in [0, 0.1) is 13.8 Å². The Kier molecular flexibility index (Phi) is 3.14. The topological polar surface area (TPSA) is 63.8 Å². The summed E-state index contributed by atoms with van der Waals surface area (Å²) < 4.78 is 5.16. The molecule has 0 aromatic carbocycles. The van der Waals surface area contributed by atoms with Crippen molar-refractivity contribution in [2.24, 2.45) is 0 Å². The normalized spacial score (nSPS) is 14.7. The first-order chi connectivity index (χ1) is 9.13. The third-order valence-electron chi connectivity index (χ3n) is 3.15. The monoisotopic (exact) mass is 278 g/mol.